The summed E-state index contributed by atoms with van der Waals surface area (Å²) in [6.45, 7) is 2.10. The summed E-state index contributed by atoms with van der Waals surface area (Å²) in [7, 11) is 1.92. The van der Waals surface area contributed by atoms with E-state index < -0.39 is 0 Å². The van der Waals surface area contributed by atoms with Crippen LogP contribution in [0.1, 0.15) is 18.5 Å². The van der Waals surface area contributed by atoms with E-state index in [9.17, 15) is 0 Å². The zero-order chi connectivity index (χ0) is 11.5. The van der Waals surface area contributed by atoms with Crippen LogP contribution in [0.2, 0.25) is 5.02 Å². The molecular formula is C12H14ClN3. The smallest absolute Gasteiger partial charge is 0.0542 e. The van der Waals surface area contributed by atoms with E-state index in [1.54, 1.807) is 4.68 Å². The molecule has 0 saturated carbocycles. The number of aromatic nitrogens is 2. The molecule has 2 rings (SSSR count). The molecule has 1 atom stereocenters. The molecule has 0 aliphatic carbocycles. The van der Waals surface area contributed by atoms with Crippen molar-refractivity contribution in [1.82, 2.24) is 9.78 Å². The Kier molecular flexibility index (Phi) is 3.15. The van der Waals surface area contributed by atoms with Gasteiger partial charge in [0.05, 0.1) is 12.2 Å². The average molecular weight is 236 g/mol. The average Bonchev–Trinajstić information content (AvgIpc) is 2.68. The Bertz CT molecular complexity index is 461. The summed E-state index contributed by atoms with van der Waals surface area (Å²) >= 11 is 5.83. The lowest BCUT2D eigenvalue weighted by atomic mass is 10.2. The van der Waals surface area contributed by atoms with E-state index in [2.05, 4.69) is 17.3 Å². The fourth-order valence-electron chi connectivity index (χ4n) is 1.54. The van der Waals surface area contributed by atoms with Gasteiger partial charge in [0, 0.05) is 29.5 Å². The van der Waals surface area contributed by atoms with Crippen LogP contribution in [0.5, 0.6) is 0 Å². The van der Waals surface area contributed by atoms with E-state index in [0.29, 0.717) is 0 Å². The summed E-state index contributed by atoms with van der Waals surface area (Å²) in [4.78, 5) is 0. The lowest BCUT2D eigenvalue weighted by Gasteiger charge is -2.13. The summed E-state index contributed by atoms with van der Waals surface area (Å²) in [5, 5.41) is 8.29. The summed E-state index contributed by atoms with van der Waals surface area (Å²) in [5.74, 6) is 0. The van der Waals surface area contributed by atoms with Crippen LogP contribution in [-0.2, 0) is 7.05 Å². The van der Waals surface area contributed by atoms with Crippen LogP contribution in [0.3, 0.4) is 0 Å². The molecule has 0 aliphatic rings. The first-order valence-electron chi connectivity index (χ1n) is 5.16. The summed E-state index contributed by atoms with van der Waals surface area (Å²) in [6.07, 6.45) is 3.88. The maximum Gasteiger partial charge on any atom is 0.0542 e. The molecule has 1 aromatic heterocycles. The second-order valence-corrected chi connectivity index (χ2v) is 4.26. The number of benzene rings is 1. The first-order valence-corrected chi connectivity index (χ1v) is 5.53. The molecule has 0 aliphatic heterocycles. The molecule has 84 valence electrons. The van der Waals surface area contributed by atoms with E-state index in [1.165, 1.54) is 0 Å². The largest absolute Gasteiger partial charge is 0.378 e. The van der Waals surface area contributed by atoms with Crippen molar-refractivity contribution in [2.75, 3.05) is 5.32 Å². The van der Waals surface area contributed by atoms with Crippen molar-refractivity contribution in [3.8, 4) is 0 Å². The number of hydrogen-bond acceptors (Lipinski definition) is 2. The molecule has 0 amide bonds. The zero-order valence-electron chi connectivity index (χ0n) is 9.31. The number of anilines is 1. The van der Waals surface area contributed by atoms with Crippen molar-refractivity contribution >= 4 is 17.3 Å². The molecule has 0 spiro atoms. The molecule has 16 heavy (non-hydrogen) atoms. The molecular weight excluding hydrogens is 222 g/mol. The van der Waals surface area contributed by atoms with Gasteiger partial charge in [0.1, 0.15) is 0 Å². The van der Waals surface area contributed by atoms with Crippen LogP contribution in [0.25, 0.3) is 0 Å². The van der Waals surface area contributed by atoms with Gasteiger partial charge in [-0.05, 0) is 31.2 Å². The number of rotatable bonds is 3. The van der Waals surface area contributed by atoms with Crippen LogP contribution in [-0.4, -0.2) is 9.78 Å². The van der Waals surface area contributed by atoms with Gasteiger partial charge < -0.3 is 5.32 Å². The van der Waals surface area contributed by atoms with Crippen LogP contribution in [0.15, 0.2) is 36.7 Å². The van der Waals surface area contributed by atoms with Gasteiger partial charge in [0.25, 0.3) is 0 Å². The quantitative estimate of drug-likeness (QED) is 0.885. The second kappa shape index (κ2) is 4.58. The molecule has 1 heterocycles. The first-order chi connectivity index (χ1) is 7.65. The Morgan fingerprint density at radius 3 is 2.56 bits per heavy atom. The van der Waals surface area contributed by atoms with Gasteiger partial charge in [-0.25, -0.2) is 0 Å². The van der Waals surface area contributed by atoms with Gasteiger partial charge >= 0.3 is 0 Å². The third-order valence-electron chi connectivity index (χ3n) is 2.45. The van der Waals surface area contributed by atoms with Crippen LogP contribution >= 0.6 is 11.6 Å². The van der Waals surface area contributed by atoms with Crippen LogP contribution < -0.4 is 5.32 Å². The van der Waals surface area contributed by atoms with Crippen LogP contribution in [0.4, 0.5) is 5.69 Å². The maximum atomic E-state index is 5.83. The van der Waals surface area contributed by atoms with Gasteiger partial charge in [-0.1, -0.05) is 11.6 Å². The lowest BCUT2D eigenvalue weighted by Crippen LogP contribution is -2.05. The normalized spacial score (nSPS) is 12.4. The van der Waals surface area contributed by atoms with Crippen molar-refractivity contribution in [3.05, 3.63) is 47.2 Å². The Morgan fingerprint density at radius 1 is 1.31 bits per heavy atom. The van der Waals surface area contributed by atoms with E-state index in [-0.39, 0.29) is 6.04 Å². The number of nitrogens with zero attached hydrogens (tertiary/aromatic N) is 2. The number of nitrogens with one attached hydrogen (secondary N) is 1. The predicted molar refractivity (Wildman–Crippen MR) is 66.7 cm³/mol. The van der Waals surface area contributed by atoms with Gasteiger partial charge in [0.2, 0.25) is 0 Å². The van der Waals surface area contributed by atoms with Crippen molar-refractivity contribution in [2.24, 2.45) is 7.05 Å². The second-order valence-electron chi connectivity index (χ2n) is 3.82. The topological polar surface area (TPSA) is 29.9 Å². The minimum absolute atomic E-state index is 0.231. The Hall–Kier alpha value is -1.48. The van der Waals surface area contributed by atoms with E-state index in [1.807, 2.05) is 43.7 Å². The number of hydrogen-bond donors (Lipinski definition) is 1. The highest BCUT2D eigenvalue weighted by atomic mass is 35.5. The predicted octanol–water partition coefficient (Wildman–Crippen LogP) is 3.25. The lowest BCUT2D eigenvalue weighted by molar-refractivity contribution is 0.765. The summed E-state index contributed by atoms with van der Waals surface area (Å²) in [5.41, 5.74) is 2.22. The molecule has 1 N–H and O–H groups in total. The van der Waals surface area contributed by atoms with Gasteiger partial charge in [-0.2, -0.15) is 5.10 Å². The Labute approximate surface area is 100 Å². The van der Waals surface area contributed by atoms with E-state index in [0.717, 1.165) is 16.3 Å². The summed E-state index contributed by atoms with van der Waals surface area (Å²) < 4.78 is 1.80. The molecule has 1 unspecified atom stereocenters. The highest BCUT2D eigenvalue weighted by Gasteiger charge is 2.06. The van der Waals surface area contributed by atoms with Crippen molar-refractivity contribution in [1.29, 1.82) is 0 Å². The fourth-order valence-corrected chi connectivity index (χ4v) is 1.67. The van der Waals surface area contributed by atoms with Crippen molar-refractivity contribution in [2.45, 2.75) is 13.0 Å². The Balaban J connectivity index is 2.07. The highest BCUT2D eigenvalue weighted by molar-refractivity contribution is 6.30. The van der Waals surface area contributed by atoms with Crippen LogP contribution in [0, 0.1) is 0 Å². The minimum Gasteiger partial charge on any atom is -0.378 e. The SMILES string of the molecule is CC(Nc1ccc(Cl)cc1)c1cnn(C)c1. The monoisotopic (exact) mass is 235 g/mol. The third kappa shape index (κ3) is 2.55. The van der Waals surface area contributed by atoms with E-state index in [4.69, 9.17) is 11.6 Å². The van der Waals surface area contributed by atoms with Crippen molar-refractivity contribution in [3.63, 3.8) is 0 Å². The molecule has 0 bridgehead atoms. The highest BCUT2D eigenvalue weighted by Crippen LogP contribution is 2.20. The summed E-state index contributed by atoms with van der Waals surface area (Å²) in [6, 6.07) is 7.92. The molecule has 4 heteroatoms. The molecule has 0 fully saturated rings. The van der Waals surface area contributed by atoms with Gasteiger partial charge in [-0.3, -0.25) is 4.68 Å². The minimum atomic E-state index is 0.231. The van der Waals surface area contributed by atoms with Gasteiger partial charge in [0.15, 0.2) is 0 Å². The molecule has 1 aromatic carbocycles. The standard InChI is InChI=1S/C12H14ClN3/c1-9(10-7-14-16(2)8-10)15-12-5-3-11(13)4-6-12/h3-9,15H,1-2H3. The van der Waals surface area contributed by atoms with Crippen molar-refractivity contribution < 1.29 is 0 Å². The molecule has 2 aromatic rings. The van der Waals surface area contributed by atoms with E-state index >= 15 is 0 Å². The fraction of sp³-hybridized carbons (Fsp3) is 0.250. The third-order valence-corrected chi connectivity index (χ3v) is 2.70. The molecule has 0 radical (unpaired) electrons. The maximum absolute atomic E-state index is 5.83. The van der Waals surface area contributed by atoms with Gasteiger partial charge in [-0.15, -0.1) is 0 Å². The first kappa shape index (κ1) is 11.0. The zero-order valence-corrected chi connectivity index (χ0v) is 10.1. The Morgan fingerprint density at radius 2 is 2.00 bits per heavy atom. The molecule has 3 nitrogen and oxygen atoms in total. The number of halogens is 1. The number of aryl methyl sites for hydroxylation is 1. The molecule has 0 saturated heterocycles.